The Balaban J connectivity index is 2.39. The Labute approximate surface area is 190 Å². The lowest BCUT2D eigenvalue weighted by Crippen LogP contribution is -2.42. The predicted octanol–water partition coefficient (Wildman–Crippen LogP) is 2.69. The maximum atomic E-state index is 12.5. The van der Waals surface area contributed by atoms with Crippen LogP contribution in [0.25, 0.3) is 0 Å². The molecular formula is C25H36N2O5. The number of rotatable bonds is 17. The van der Waals surface area contributed by atoms with Crippen LogP contribution < -0.4 is 10.6 Å². The number of amides is 2. The first-order valence-electron chi connectivity index (χ1n) is 11.1. The van der Waals surface area contributed by atoms with Crippen molar-refractivity contribution in [1.82, 2.24) is 10.6 Å². The van der Waals surface area contributed by atoms with E-state index in [2.05, 4.69) is 23.8 Å². The summed E-state index contributed by atoms with van der Waals surface area (Å²) in [4.78, 5) is 36.6. The first-order chi connectivity index (χ1) is 15.5. The van der Waals surface area contributed by atoms with Crippen LogP contribution in [0.3, 0.4) is 0 Å². The summed E-state index contributed by atoms with van der Waals surface area (Å²) >= 11 is 0. The molecule has 2 atom stereocenters. The van der Waals surface area contributed by atoms with Crippen molar-refractivity contribution < 1.29 is 24.2 Å². The lowest BCUT2D eigenvalue weighted by molar-refractivity contribution is -0.144. The molecule has 0 aliphatic heterocycles. The zero-order chi connectivity index (χ0) is 23.6. The van der Waals surface area contributed by atoms with Crippen molar-refractivity contribution in [3.63, 3.8) is 0 Å². The second-order valence-electron chi connectivity index (χ2n) is 7.61. The number of ether oxygens (including phenoxy) is 1. The Morgan fingerprint density at radius 1 is 1.09 bits per heavy atom. The molecule has 0 fully saturated rings. The Morgan fingerprint density at radius 2 is 1.84 bits per heavy atom. The van der Waals surface area contributed by atoms with Crippen molar-refractivity contribution in [1.29, 1.82) is 0 Å². The summed E-state index contributed by atoms with van der Waals surface area (Å²) in [7, 11) is 0. The van der Waals surface area contributed by atoms with Gasteiger partial charge in [-0.3, -0.25) is 14.4 Å². The van der Waals surface area contributed by atoms with Crippen LogP contribution in [0, 0.1) is 5.92 Å². The lowest BCUT2D eigenvalue weighted by Gasteiger charge is -2.19. The maximum absolute atomic E-state index is 12.5. The molecule has 1 rings (SSSR count). The van der Waals surface area contributed by atoms with Gasteiger partial charge in [-0.05, 0) is 37.7 Å². The second-order valence-corrected chi connectivity index (χ2v) is 7.61. The first kappa shape index (κ1) is 27.1. The molecule has 1 aromatic rings. The van der Waals surface area contributed by atoms with Crippen molar-refractivity contribution in [2.75, 3.05) is 19.8 Å². The van der Waals surface area contributed by atoms with Crippen LogP contribution in [0.2, 0.25) is 0 Å². The molecule has 7 heteroatoms. The Bertz CT molecular complexity index is 720. The summed E-state index contributed by atoms with van der Waals surface area (Å²) in [6.07, 6.45) is 7.07. The van der Waals surface area contributed by atoms with E-state index >= 15 is 0 Å². The fourth-order valence-electron chi connectivity index (χ4n) is 3.17. The van der Waals surface area contributed by atoms with Gasteiger partial charge in [0.1, 0.15) is 6.61 Å². The molecule has 0 heterocycles. The summed E-state index contributed by atoms with van der Waals surface area (Å²) in [5.74, 6) is -1.49. The summed E-state index contributed by atoms with van der Waals surface area (Å²) in [5.41, 5.74) is 1.00. The zero-order valence-electron chi connectivity index (χ0n) is 18.8. The van der Waals surface area contributed by atoms with Gasteiger partial charge >= 0.3 is 5.97 Å². The molecule has 0 radical (unpaired) electrons. The standard InChI is InChI=1S/C25H36N2O5/c1-3-5-6-10-14-24(30)32-16-15-26-25(31)21(11-4-2)18-23(29)27-22(19-28)17-20-12-8-7-9-13-20/h3-4,7-9,12-13,21-22,28H,1-2,5-6,10-11,14-19H2,(H,26,31)(H,27,29). The van der Waals surface area contributed by atoms with E-state index in [9.17, 15) is 19.5 Å². The number of aliphatic hydroxyl groups is 1. The number of esters is 1. The highest BCUT2D eigenvalue weighted by atomic mass is 16.5. The molecule has 0 aliphatic rings. The van der Waals surface area contributed by atoms with Crippen LogP contribution in [0.5, 0.6) is 0 Å². The van der Waals surface area contributed by atoms with Crippen LogP contribution in [0.4, 0.5) is 0 Å². The summed E-state index contributed by atoms with van der Waals surface area (Å²) in [6.45, 7) is 7.36. The molecule has 176 valence electrons. The summed E-state index contributed by atoms with van der Waals surface area (Å²) in [6, 6.07) is 9.13. The van der Waals surface area contributed by atoms with Gasteiger partial charge in [-0.2, -0.15) is 0 Å². The molecule has 0 aliphatic carbocycles. The molecule has 2 unspecified atom stereocenters. The quantitative estimate of drug-likeness (QED) is 0.195. The van der Waals surface area contributed by atoms with Crippen molar-refractivity contribution >= 4 is 17.8 Å². The van der Waals surface area contributed by atoms with E-state index in [0.29, 0.717) is 19.3 Å². The Morgan fingerprint density at radius 3 is 2.50 bits per heavy atom. The molecule has 0 spiro atoms. The monoisotopic (exact) mass is 444 g/mol. The fourth-order valence-corrected chi connectivity index (χ4v) is 3.17. The molecular weight excluding hydrogens is 408 g/mol. The third-order valence-electron chi connectivity index (χ3n) is 4.87. The molecule has 7 nitrogen and oxygen atoms in total. The minimum atomic E-state index is -0.585. The number of benzene rings is 1. The van der Waals surface area contributed by atoms with Gasteiger partial charge in [-0.15, -0.1) is 13.2 Å². The Hall–Kier alpha value is -2.93. The smallest absolute Gasteiger partial charge is 0.305 e. The SMILES string of the molecule is C=CCCCCC(=O)OCCNC(=O)C(CC=C)CC(=O)NC(CO)Cc1ccccc1. The average molecular weight is 445 g/mol. The number of unbranched alkanes of at least 4 members (excludes halogenated alkanes) is 2. The molecule has 0 aromatic heterocycles. The summed E-state index contributed by atoms with van der Waals surface area (Å²) in [5, 5.41) is 15.1. The van der Waals surface area contributed by atoms with Crippen LogP contribution >= 0.6 is 0 Å². The zero-order valence-corrected chi connectivity index (χ0v) is 18.8. The largest absolute Gasteiger partial charge is 0.464 e. The van der Waals surface area contributed by atoms with Gasteiger partial charge in [0, 0.05) is 12.8 Å². The van der Waals surface area contributed by atoms with Crippen LogP contribution in [0.15, 0.2) is 55.6 Å². The first-order valence-corrected chi connectivity index (χ1v) is 11.1. The number of carbonyl (C=O) groups excluding carboxylic acids is 3. The van der Waals surface area contributed by atoms with Crippen LogP contribution in [-0.2, 0) is 25.5 Å². The minimum absolute atomic E-state index is 0.0216. The second kappa shape index (κ2) is 16.7. The highest BCUT2D eigenvalue weighted by Crippen LogP contribution is 2.11. The van der Waals surface area contributed by atoms with E-state index < -0.39 is 12.0 Å². The van der Waals surface area contributed by atoms with Gasteiger partial charge in [0.2, 0.25) is 11.8 Å². The molecule has 2 amide bonds. The third kappa shape index (κ3) is 12.1. The van der Waals surface area contributed by atoms with E-state index in [1.807, 2.05) is 36.4 Å². The van der Waals surface area contributed by atoms with Gasteiger partial charge in [0.05, 0.1) is 25.1 Å². The van der Waals surface area contributed by atoms with Gasteiger partial charge in [0.25, 0.3) is 0 Å². The molecule has 0 saturated heterocycles. The van der Waals surface area contributed by atoms with Gasteiger partial charge in [-0.25, -0.2) is 0 Å². The van der Waals surface area contributed by atoms with E-state index in [1.165, 1.54) is 0 Å². The fraction of sp³-hybridized carbons (Fsp3) is 0.480. The summed E-state index contributed by atoms with van der Waals surface area (Å²) < 4.78 is 5.11. The van der Waals surface area contributed by atoms with Crippen molar-refractivity contribution in [3.8, 4) is 0 Å². The molecule has 0 saturated carbocycles. The highest BCUT2D eigenvalue weighted by molar-refractivity contribution is 5.86. The third-order valence-corrected chi connectivity index (χ3v) is 4.87. The van der Waals surface area contributed by atoms with E-state index in [4.69, 9.17) is 4.74 Å². The number of hydrogen-bond acceptors (Lipinski definition) is 5. The predicted molar refractivity (Wildman–Crippen MR) is 125 cm³/mol. The topological polar surface area (TPSA) is 105 Å². The van der Waals surface area contributed by atoms with Crippen molar-refractivity contribution in [2.24, 2.45) is 5.92 Å². The lowest BCUT2D eigenvalue weighted by atomic mass is 9.99. The molecule has 3 N–H and O–H groups in total. The van der Waals surface area contributed by atoms with Crippen molar-refractivity contribution in [3.05, 3.63) is 61.2 Å². The van der Waals surface area contributed by atoms with E-state index in [0.717, 1.165) is 24.8 Å². The van der Waals surface area contributed by atoms with Gasteiger partial charge < -0.3 is 20.5 Å². The van der Waals surface area contributed by atoms with Crippen LogP contribution in [-0.4, -0.2) is 48.7 Å². The number of nitrogens with one attached hydrogen (secondary N) is 2. The maximum Gasteiger partial charge on any atom is 0.305 e. The Kier molecular flexibility index (Phi) is 14.2. The van der Waals surface area contributed by atoms with Gasteiger partial charge in [-0.1, -0.05) is 42.5 Å². The molecule has 1 aromatic carbocycles. The number of allylic oxidation sites excluding steroid dienone is 2. The average Bonchev–Trinajstić information content (AvgIpc) is 2.79. The number of hydrogen-bond donors (Lipinski definition) is 3. The van der Waals surface area contributed by atoms with E-state index in [1.54, 1.807) is 6.08 Å². The van der Waals surface area contributed by atoms with Gasteiger partial charge in [0.15, 0.2) is 0 Å². The normalized spacial score (nSPS) is 12.3. The van der Waals surface area contributed by atoms with Crippen molar-refractivity contribution in [2.45, 2.75) is 51.0 Å². The molecule has 0 bridgehead atoms. The van der Waals surface area contributed by atoms with E-state index in [-0.39, 0.29) is 44.0 Å². The number of aliphatic hydroxyl groups excluding tert-OH is 1. The number of carbonyl (C=O) groups is 3. The minimum Gasteiger partial charge on any atom is -0.464 e. The highest BCUT2D eigenvalue weighted by Gasteiger charge is 2.22. The van der Waals surface area contributed by atoms with Crippen LogP contribution in [0.1, 0.15) is 44.1 Å². The molecule has 32 heavy (non-hydrogen) atoms.